The Kier molecular flexibility index (Phi) is 11.2. The van der Waals surface area contributed by atoms with Crippen LogP contribution in [0.15, 0.2) is 42.1 Å². The molecule has 5 rings (SSSR count). The first-order valence-corrected chi connectivity index (χ1v) is 16.9. The first-order valence-electron chi connectivity index (χ1n) is 16.9. The molecule has 3 heterocycles. The second kappa shape index (κ2) is 15.1. The van der Waals surface area contributed by atoms with Crippen LogP contribution in [0.3, 0.4) is 0 Å². The van der Waals surface area contributed by atoms with E-state index in [0.29, 0.717) is 30.6 Å². The molecular formula is C36H51N3O6. The van der Waals surface area contributed by atoms with E-state index in [9.17, 15) is 24.9 Å². The number of methoxy groups -OCH3 is 1. The van der Waals surface area contributed by atoms with Crippen molar-refractivity contribution in [3.63, 3.8) is 0 Å². The number of ketones is 2. The smallest absolute Gasteiger partial charge is 0.170 e. The predicted molar refractivity (Wildman–Crippen MR) is 173 cm³/mol. The number of hydrogen-bond acceptors (Lipinski definition) is 8. The Bertz CT molecular complexity index is 1340. The molecule has 246 valence electrons. The van der Waals surface area contributed by atoms with E-state index in [1.54, 1.807) is 6.07 Å². The summed E-state index contributed by atoms with van der Waals surface area (Å²) < 4.78 is 5.65. The maximum absolute atomic E-state index is 12.9. The van der Waals surface area contributed by atoms with Crippen molar-refractivity contribution in [2.45, 2.75) is 95.7 Å². The molecule has 2 saturated heterocycles. The summed E-state index contributed by atoms with van der Waals surface area (Å²) in [5, 5.41) is 40.7. The maximum atomic E-state index is 12.9. The molecule has 45 heavy (non-hydrogen) atoms. The highest BCUT2D eigenvalue weighted by atomic mass is 16.5. The van der Waals surface area contributed by atoms with E-state index in [-0.39, 0.29) is 49.1 Å². The number of phenolic OH excluding ortho intramolecular Hbond substituents is 1. The number of aliphatic hydroxyl groups is 2. The van der Waals surface area contributed by atoms with Gasteiger partial charge in [-0.15, -0.1) is 0 Å². The summed E-state index contributed by atoms with van der Waals surface area (Å²) in [6.07, 6.45) is 10.5. The van der Waals surface area contributed by atoms with Crippen LogP contribution >= 0.6 is 0 Å². The van der Waals surface area contributed by atoms with Crippen molar-refractivity contribution >= 4 is 11.6 Å². The Morgan fingerprint density at radius 1 is 1.09 bits per heavy atom. The van der Waals surface area contributed by atoms with Crippen molar-refractivity contribution in [3.8, 4) is 11.5 Å². The fourth-order valence-corrected chi connectivity index (χ4v) is 8.20. The van der Waals surface area contributed by atoms with Gasteiger partial charge in [-0.25, -0.2) is 0 Å². The van der Waals surface area contributed by atoms with Crippen molar-refractivity contribution in [2.24, 2.45) is 17.3 Å². The van der Waals surface area contributed by atoms with E-state index in [4.69, 9.17) is 4.74 Å². The van der Waals surface area contributed by atoms with Gasteiger partial charge in [-0.05, 0) is 68.3 Å². The number of aromatic nitrogens is 1. The fourth-order valence-electron chi connectivity index (χ4n) is 8.20. The van der Waals surface area contributed by atoms with E-state index in [2.05, 4.69) is 28.6 Å². The standard InChI is InChI=1S/C36H51N3O6/c1-3-4-5-6-7-10-28(41)34(44)29(42)12-11-23-18-27(33(43)30(19-23)45-2)32-26-14-17-39-35-31(26)24(13-16-38-35)20-36(32,22-40)21-25-9-8-15-37-25/h8-9,15,18-20,26,31-32,34-35,37-40,43-44H,3-7,10-14,16-17,21-22H2,1-2H3. The number of aliphatic hydroxyl groups excluding tert-OH is 2. The summed E-state index contributed by atoms with van der Waals surface area (Å²) in [7, 11) is 1.51. The number of carbonyl (C=O) groups is 2. The van der Waals surface area contributed by atoms with Gasteiger partial charge in [-0.1, -0.05) is 50.3 Å². The first-order chi connectivity index (χ1) is 21.8. The number of ether oxygens (including phenoxy) is 1. The molecule has 0 spiro atoms. The van der Waals surface area contributed by atoms with Crippen molar-refractivity contribution in [1.29, 1.82) is 0 Å². The minimum Gasteiger partial charge on any atom is -0.504 e. The topological polar surface area (TPSA) is 144 Å². The van der Waals surface area contributed by atoms with Crippen LogP contribution in [0.1, 0.15) is 87.4 Å². The van der Waals surface area contributed by atoms with E-state index >= 15 is 0 Å². The lowest BCUT2D eigenvalue weighted by Gasteiger charge is -2.55. The van der Waals surface area contributed by atoms with Gasteiger partial charge in [-0.2, -0.15) is 0 Å². The van der Waals surface area contributed by atoms with Crippen molar-refractivity contribution in [2.75, 3.05) is 26.8 Å². The molecular weight excluding hydrogens is 570 g/mol. The molecule has 9 heteroatoms. The number of H-pyrrole nitrogens is 1. The lowest BCUT2D eigenvalue weighted by atomic mass is 9.53. The van der Waals surface area contributed by atoms with Gasteiger partial charge in [-0.3, -0.25) is 9.59 Å². The maximum Gasteiger partial charge on any atom is 0.170 e. The number of Topliss-reactive ketones (excluding diaryl/α,β-unsaturated/α-hetero) is 2. The van der Waals surface area contributed by atoms with Crippen LogP contribution in [-0.4, -0.2) is 70.9 Å². The van der Waals surface area contributed by atoms with Gasteiger partial charge in [0.25, 0.3) is 0 Å². The normalized spacial score (nSPS) is 26.5. The second-order valence-corrected chi connectivity index (χ2v) is 13.3. The first kappa shape index (κ1) is 33.4. The number of nitrogens with one attached hydrogen (secondary N) is 3. The molecule has 9 nitrogen and oxygen atoms in total. The Hall–Kier alpha value is -2.98. The SMILES string of the molecule is CCCCCCCC(=O)C(O)C(=O)CCc1cc(OC)c(O)c(C2C3CCNC4NCCC(=CC2(CO)Cc2ccc[nH]2)C43)c1. The second-order valence-electron chi connectivity index (χ2n) is 13.3. The Morgan fingerprint density at radius 2 is 1.87 bits per heavy atom. The molecule has 1 aromatic carbocycles. The van der Waals surface area contributed by atoms with E-state index < -0.39 is 23.1 Å². The van der Waals surface area contributed by atoms with Gasteiger partial charge in [0, 0.05) is 54.1 Å². The highest BCUT2D eigenvalue weighted by Gasteiger charge is 2.54. The molecule has 0 amide bonds. The van der Waals surface area contributed by atoms with Crippen molar-refractivity contribution in [1.82, 2.24) is 15.6 Å². The Balaban J connectivity index is 1.44. The van der Waals surface area contributed by atoms with Crippen LogP contribution < -0.4 is 15.4 Å². The molecule has 2 aromatic rings. The molecule has 0 radical (unpaired) electrons. The number of aromatic amines is 1. The molecule has 0 bridgehead atoms. The molecule has 3 aliphatic rings. The number of piperidine rings is 2. The van der Waals surface area contributed by atoms with Crippen LogP contribution in [0.5, 0.6) is 11.5 Å². The molecule has 6 atom stereocenters. The molecule has 0 saturated carbocycles. The fraction of sp³-hybridized carbons (Fsp3) is 0.611. The summed E-state index contributed by atoms with van der Waals surface area (Å²) in [5.74, 6) is -0.395. The van der Waals surface area contributed by atoms with Gasteiger partial charge in [0.15, 0.2) is 29.2 Å². The summed E-state index contributed by atoms with van der Waals surface area (Å²) in [5.41, 5.74) is 3.18. The number of hydrogen-bond donors (Lipinski definition) is 6. The average molecular weight is 622 g/mol. The number of aryl methyl sites for hydroxylation is 1. The highest BCUT2D eigenvalue weighted by Crippen LogP contribution is 2.58. The zero-order valence-corrected chi connectivity index (χ0v) is 26.8. The Labute approximate surface area is 266 Å². The molecule has 2 aliphatic heterocycles. The third kappa shape index (κ3) is 7.22. The van der Waals surface area contributed by atoms with Crippen LogP contribution in [-0.2, 0) is 22.4 Å². The van der Waals surface area contributed by atoms with Gasteiger partial charge in [0.05, 0.1) is 19.9 Å². The monoisotopic (exact) mass is 621 g/mol. The zero-order valence-electron chi connectivity index (χ0n) is 26.8. The van der Waals surface area contributed by atoms with Crippen LogP contribution in [0.2, 0.25) is 0 Å². The highest BCUT2D eigenvalue weighted by molar-refractivity contribution is 6.05. The number of aromatic hydroxyl groups is 1. The lowest BCUT2D eigenvalue weighted by Crippen LogP contribution is -2.61. The zero-order chi connectivity index (χ0) is 32.0. The number of benzene rings is 1. The van der Waals surface area contributed by atoms with Gasteiger partial charge >= 0.3 is 0 Å². The van der Waals surface area contributed by atoms with Gasteiger partial charge < -0.3 is 35.7 Å². The summed E-state index contributed by atoms with van der Waals surface area (Å²) in [6, 6.07) is 7.68. The van der Waals surface area contributed by atoms with Crippen molar-refractivity contribution in [3.05, 3.63) is 58.9 Å². The molecule has 6 unspecified atom stereocenters. The average Bonchev–Trinajstić information content (AvgIpc) is 3.57. The number of carbonyl (C=O) groups excluding carboxylic acids is 2. The van der Waals surface area contributed by atoms with Crippen molar-refractivity contribution < 1.29 is 29.6 Å². The molecule has 1 aromatic heterocycles. The van der Waals surface area contributed by atoms with Crippen LogP contribution in [0, 0.1) is 17.3 Å². The van der Waals surface area contributed by atoms with Crippen LogP contribution in [0.25, 0.3) is 0 Å². The summed E-state index contributed by atoms with van der Waals surface area (Å²) in [4.78, 5) is 28.8. The third-order valence-corrected chi connectivity index (χ3v) is 10.4. The molecule has 1 aliphatic carbocycles. The molecule has 2 fully saturated rings. The third-order valence-electron chi connectivity index (χ3n) is 10.4. The minimum absolute atomic E-state index is 0.000411. The van der Waals surface area contributed by atoms with Gasteiger partial charge in [0.2, 0.25) is 0 Å². The minimum atomic E-state index is -1.61. The quantitative estimate of drug-likeness (QED) is 0.0925. The molecule has 6 N–H and O–H groups in total. The van der Waals surface area contributed by atoms with E-state index in [1.807, 2.05) is 24.4 Å². The van der Waals surface area contributed by atoms with E-state index in [1.165, 1.54) is 12.7 Å². The van der Waals surface area contributed by atoms with Crippen LogP contribution in [0.4, 0.5) is 0 Å². The number of phenols is 1. The van der Waals surface area contributed by atoms with E-state index in [0.717, 1.165) is 62.9 Å². The summed E-state index contributed by atoms with van der Waals surface area (Å²) in [6.45, 7) is 3.73. The number of unbranched alkanes of at least 4 members (excludes halogenated alkanes) is 4. The largest absolute Gasteiger partial charge is 0.504 e. The summed E-state index contributed by atoms with van der Waals surface area (Å²) >= 11 is 0. The number of rotatable bonds is 16. The van der Waals surface area contributed by atoms with Gasteiger partial charge in [0.1, 0.15) is 0 Å². The predicted octanol–water partition coefficient (Wildman–Crippen LogP) is 4.31. The Morgan fingerprint density at radius 3 is 2.60 bits per heavy atom. The lowest BCUT2D eigenvalue weighted by molar-refractivity contribution is -0.138.